The van der Waals surface area contributed by atoms with Crippen LogP contribution in [0.2, 0.25) is 0 Å². The molecular formula is C15H12F3N5O. The Morgan fingerprint density at radius 1 is 1.38 bits per heavy atom. The molecule has 1 amide bonds. The molecule has 0 fully saturated rings. The summed E-state index contributed by atoms with van der Waals surface area (Å²) in [5, 5.41) is 2.69. The molecule has 4 heterocycles. The molecule has 0 unspecified atom stereocenters. The lowest BCUT2D eigenvalue weighted by molar-refractivity contribution is -0.141. The number of pyridine rings is 1. The number of carbonyl (C=O) groups is 1. The van der Waals surface area contributed by atoms with Gasteiger partial charge in [0.25, 0.3) is 5.91 Å². The maximum absolute atomic E-state index is 13.1. The number of amides is 1. The molecule has 4 rings (SSSR count). The molecule has 2 aliphatic heterocycles. The highest BCUT2D eigenvalue weighted by atomic mass is 19.4. The number of aryl methyl sites for hydroxylation is 1. The predicted octanol–water partition coefficient (Wildman–Crippen LogP) is 1.49. The maximum atomic E-state index is 13.1. The molecule has 9 heteroatoms. The third-order valence-corrected chi connectivity index (χ3v) is 4.50. The molecule has 0 aromatic carbocycles. The van der Waals surface area contributed by atoms with Crippen LogP contribution < -0.4 is 5.32 Å². The average Bonchev–Trinajstić information content (AvgIpc) is 3.13. The summed E-state index contributed by atoms with van der Waals surface area (Å²) in [6.45, 7) is 0. The van der Waals surface area contributed by atoms with Gasteiger partial charge < -0.3 is 9.88 Å². The molecule has 6 nitrogen and oxygen atoms in total. The van der Waals surface area contributed by atoms with Crippen molar-refractivity contribution in [1.29, 1.82) is 0 Å². The topological polar surface area (TPSA) is 72.2 Å². The lowest BCUT2D eigenvalue weighted by Gasteiger charge is -2.35. The van der Waals surface area contributed by atoms with Crippen molar-refractivity contribution in [1.82, 2.24) is 19.9 Å². The highest BCUT2D eigenvalue weighted by Crippen LogP contribution is 2.42. The van der Waals surface area contributed by atoms with Gasteiger partial charge in [-0.25, -0.2) is 9.97 Å². The minimum atomic E-state index is -4.59. The fraction of sp³-hybridized carbons (Fsp3) is 0.333. The zero-order chi connectivity index (χ0) is 17.1. The van der Waals surface area contributed by atoms with Crippen LogP contribution in [-0.4, -0.2) is 33.3 Å². The zero-order valence-electron chi connectivity index (χ0n) is 12.6. The fourth-order valence-corrected chi connectivity index (χ4v) is 3.42. The van der Waals surface area contributed by atoms with Crippen LogP contribution in [0.5, 0.6) is 0 Å². The number of carbonyl (C=O) groups excluding carboxylic acids is 1. The van der Waals surface area contributed by atoms with Crippen LogP contribution in [0.25, 0.3) is 0 Å². The first kappa shape index (κ1) is 14.9. The van der Waals surface area contributed by atoms with E-state index >= 15 is 0 Å². The van der Waals surface area contributed by atoms with Crippen molar-refractivity contribution < 1.29 is 18.0 Å². The number of hydrogen-bond donors (Lipinski definition) is 1. The van der Waals surface area contributed by atoms with E-state index in [2.05, 4.69) is 20.3 Å². The number of fused-ring (bicyclic) bond motifs is 4. The number of hydrogen-bond acceptors (Lipinski definition) is 4. The van der Waals surface area contributed by atoms with E-state index < -0.39 is 23.3 Å². The van der Waals surface area contributed by atoms with E-state index in [4.69, 9.17) is 0 Å². The Hall–Kier alpha value is -2.71. The van der Waals surface area contributed by atoms with Gasteiger partial charge in [-0.3, -0.25) is 9.79 Å². The Labute approximate surface area is 134 Å². The second kappa shape index (κ2) is 4.65. The van der Waals surface area contributed by atoms with Crippen LogP contribution in [0.4, 0.5) is 13.2 Å². The first-order valence-electron chi connectivity index (χ1n) is 7.28. The number of rotatable bonds is 0. The quantitative estimate of drug-likeness (QED) is 0.793. The van der Waals surface area contributed by atoms with Gasteiger partial charge in [0, 0.05) is 31.4 Å². The van der Waals surface area contributed by atoms with Crippen molar-refractivity contribution in [3.8, 4) is 0 Å². The Kier molecular flexibility index (Phi) is 2.88. The molecule has 2 aliphatic rings. The van der Waals surface area contributed by atoms with E-state index in [1.54, 1.807) is 10.8 Å². The third-order valence-electron chi connectivity index (χ3n) is 4.50. The van der Waals surface area contributed by atoms with E-state index in [1.165, 1.54) is 19.3 Å². The standard InChI is InChI=1S/C15H12F3N5O/c1-19-12-8-2-3-9(15(16,17)18)21-11(8)14(13(24)22-12)5-4-10-20-6-7-23(10)14/h2-3,6-7H,4-5H2,1H3,(H,19,22,24)/t14-/m1/s1. The Morgan fingerprint density at radius 2 is 2.17 bits per heavy atom. The van der Waals surface area contributed by atoms with Gasteiger partial charge >= 0.3 is 6.18 Å². The highest BCUT2D eigenvalue weighted by Gasteiger charge is 2.53. The van der Waals surface area contributed by atoms with Crippen LogP contribution in [0.15, 0.2) is 29.5 Å². The molecule has 1 N–H and O–H groups in total. The van der Waals surface area contributed by atoms with Gasteiger partial charge in [-0.1, -0.05) is 0 Å². The zero-order valence-corrected chi connectivity index (χ0v) is 12.6. The summed E-state index contributed by atoms with van der Waals surface area (Å²) in [5.41, 5.74) is -1.89. The first-order chi connectivity index (χ1) is 11.4. The molecule has 124 valence electrons. The SMILES string of the molecule is CN=C1NC(=O)[C@@]2(CCc3nccn32)c2nc(C(F)(F)F)ccc21. The average molecular weight is 335 g/mol. The van der Waals surface area contributed by atoms with E-state index in [9.17, 15) is 18.0 Å². The molecule has 0 saturated carbocycles. The highest BCUT2D eigenvalue weighted by molar-refractivity contribution is 6.15. The largest absolute Gasteiger partial charge is 0.433 e. The van der Waals surface area contributed by atoms with E-state index in [0.717, 1.165) is 6.07 Å². The van der Waals surface area contributed by atoms with Crippen molar-refractivity contribution in [2.45, 2.75) is 24.6 Å². The second-order valence-corrected chi connectivity index (χ2v) is 5.69. The minimum Gasteiger partial charge on any atom is -0.314 e. The molecular weight excluding hydrogens is 323 g/mol. The van der Waals surface area contributed by atoms with Gasteiger partial charge in [-0.15, -0.1) is 0 Å². The van der Waals surface area contributed by atoms with Crippen molar-refractivity contribution in [3.63, 3.8) is 0 Å². The Balaban J connectivity index is 2.04. The summed E-state index contributed by atoms with van der Waals surface area (Å²) >= 11 is 0. The Bertz CT molecular complexity index is 885. The number of nitrogens with zero attached hydrogens (tertiary/aromatic N) is 4. The molecule has 0 radical (unpaired) electrons. The predicted molar refractivity (Wildman–Crippen MR) is 77.5 cm³/mol. The van der Waals surface area contributed by atoms with Crippen molar-refractivity contribution in [3.05, 3.63) is 47.3 Å². The molecule has 0 saturated heterocycles. The minimum absolute atomic E-state index is 0.0680. The van der Waals surface area contributed by atoms with Crippen LogP contribution in [0.3, 0.4) is 0 Å². The first-order valence-corrected chi connectivity index (χ1v) is 7.28. The second-order valence-electron chi connectivity index (χ2n) is 5.69. The number of amidine groups is 1. The fourth-order valence-electron chi connectivity index (χ4n) is 3.42. The monoisotopic (exact) mass is 335 g/mol. The molecule has 0 bridgehead atoms. The summed E-state index contributed by atoms with van der Waals surface area (Å²) in [7, 11) is 1.46. The van der Waals surface area contributed by atoms with E-state index in [-0.39, 0.29) is 11.5 Å². The lowest BCUT2D eigenvalue weighted by Crippen LogP contribution is -2.55. The van der Waals surface area contributed by atoms with E-state index in [0.29, 0.717) is 24.2 Å². The smallest absolute Gasteiger partial charge is 0.314 e. The van der Waals surface area contributed by atoms with Gasteiger partial charge in [-0.05, 0) is 18.6 Å². The number of aromatic nitrogens is 3. The molecule has 0 aliphatic carbocycles. The van der Waals surface area contributed by atoms with E-state index in [1.807, 2.05) is 0 Å². The van der Waals surface area contributed by atoms with Crippen molar-refractivity contribution >= 4 is 11.7 Å². The van der Waals surface area contributed by atoms with Gasteiger partial charge in [0.1, 0.15) is 17.4 Å². The van der Waals surface area contributed by atoms with Crippen LogP contribution in [-0.2, 0) is 22.9 Å². The number of alkyl halides is 3. The molecule has 1 spiro atoms. The normalized spacial score (nSPS) is 24.2. The van der Waals surface area contributed by atoms with Crippen LogP contribution in [0, 0.1) is 0 Å². The number of halogens is 3. The maximum Gasteiger partial charge on any atom is 0.433 e. The van der Waals surface area contributed by atoms with Crippen molar-refractivity contribution in [2.75, 3.05) is 7.05 Å². The van der Waals surface area contributed by atoms with Crippen LogP contribution >= 0.6 is 0 Å². The van der Waals surface area contributed by atoms with Crippen molar-refractivity contribution in [2.24, 2.45) is 4.99 Å². The Morgan fingerprint density at radius 3 is 2.88 bits per heavy atom. The lowest BCUT2D eigenvalue weighted by atomic mass is 9.84. The summed E-state index contributed by atoms with van der Waals surface area (Å²) < 4.78 is 41.0. The third kappa shape index (κ3) is 1.78. The van der Waals surface area contributed by atoms with Gasteiger partial charge in [-0.2, -0.15) is 13.2 Å². The summed E-state index contributed by atoms with van der Waals surface area (Å²) in [6, 6.07) is 2.21. The van der Waals surface area contributed by atoms with Gasteiger partial charge in [0.15, 0.2) is 5.54 Å². The number of nitrogens with one attached hydrogen (secondary N) is 1. The molecule has 2 aromatic rings. The summed E-state index contributed by atoms with van der Waals surface area (Å²) in [6.07, 6.45) is -0.678. The number of aliphatic imine (C=N–C) groups is 1. The molecule has 24 heavy (non-hydrogen) atoms. The number of imidazole rings is 1. The molecule has 1 atom stereocenters. The van der Waals surface area contributed by atoms with Gasteiger partial charge in [0.2, 0.25) is 0 Å². The summed E-state index contributed by atoms with van der Waals surface area (Å²) in [5.74, 6) is 0.418. The summed E-state index contributed by atoms with van der Waals surface area (Å²) in [4.78, 5) is 24.8. The van der Waals surface area contributed by atoms with Crippen LogP contribution in [0.1, 0.15) is 29.2 Å². The van der Waals surface area contributed by atoms with Gasteiger partial charge in [0.05, 0.1) is 5.69 Å². The molecule has 2 aromatic heterocycles.